The minimum Gasteiger partial charge on any atom is -0.278 e. The molecule has 25 heavy (non-hydrogen) atoms. The number of piperidine rings is 1. The number of carbonyl (C=O) groups is 2. The zero-order valence-electron chi connectivity index (χ0n) is 14.6. The van der Waals surface area contributed by atoms with E-state index in [-0.39, 0.29) is 11.8 Å². The van der Waals surface area contributed by atoms with Crippen LogP contribution >= 0.6 is 0 Å². The highest BCUT2D eigenvalue weighted by Crippen LogP contribution is 2.35. The van der Waals surface area contributed by atoms with Crippen LogP contribution in [0.25, 0.3) is 11.1 Å². The van der Waals surface area contributed by atoms with Crippen molar-refractivity contribution in [2.75, 3.05) is 6.54 Å². The van der Waals surface area contributed by atoms with Gasteiger partial charge in [-0.1, -0.05) is 55.5 Å². The summed E-state index contributed by atoms with van der Waals surface area (Å²) in [7, 11) is 0. The summed E-state index contributed by atoms with van der Waals surface area (Å²) in [5.74, 6) is -0.296. The number of hydrogen-bond donors (Lipinski definition) is 0. The molecule has 3 rings (SSSR count). The number of benzene rings is 2. The summed E-state index contributed by atoms with van der Waals surface area (Å²) in [5.41, 5.74) is 2.20. The number of imide groups is 1. The molecule has 3 nitrogen and oxygen atoms in total. The lowest BCUT2D eigenvalue weighted by Crippen LogP contribution is -2.49. The minimum absolute atomic E-state index is 0.0872. The van der Waals surface area contributed by atoms with E-state index in [4.69, 9.17) is 0 Å². The minimum atomic E-state index is -0.514. The zero-order chi connectivity index (χ0) is 17.9. The maximum Gasteiger partial charge on any atom is 0.260 e. The van der Waals surface area contributed by atoms with Gasteiger partial charge in [-0.05, 0) is 42.5 Å². The fourth-order valence-corrected chi connectivity index (χ4v) is 3.46. The molecule has 1 atom stereocenters. The summed E-state index contributed by atoms with van der Waals surface area (Å²) >= 11 is 0. The second-order valence-electron chi connectivity index (χ2n) is 6.86. The van der Waals surface area contributed by atoms with Crippen molar-refractivity contribution in [3.63, 3.8) is 0 Å². The van der Waals surface area contributed by atoms with E-state index in [9.17, 15) is 9.59 Å². The van der Waals surface area contributed by atoms with Crippen molar-refractivity contribution in [3.05, 3.63) is 72.8 Å². The standard InChI is InChI=1S/C22H23NO2/c1-3-14-22(2)15-7-16-23(21(22)25)20(24)19-12-10-18(11-13-19)17-8-5-4-6-9-17/h3-6,8-13H,1,7,14-16H2,2H3/t22-/m1/s1. The highest BCUT2D eigenvalue weighted by molar-refractivity contribution is 6.06. The number of rotatable bonds is 4. The summed E-state index contributed by atoms with van der Waals surface area (Å²) in [6, 6.07) is 17.5. The van der Waals surface area contributed by atoms with Crippen molar-refractivity contribution in [1.82, 2.24) is 4.90 Å². The average Bonchev–Trinajstić information content (AvgIpc) is 2.65. The number of likely N-dealkylation sites (tertiary alicyclic amines) is 1. The molecule has 2 aromatic rings. The van der Waals surface area contributed by atoms with E-state index in [2.05, 4.69) is 6.58 Å². The molecular weight excluding hydrogens is 310 g/mol. The number of hydrogen-bond acceptors (Lipinski definition) is 2. The third kappa shape index (κ3) is 3.41. The summed E-state index contributed by atoms with van der Waals surface area (Å²) < 4.78 is 0. The van der Waals surface area contributed by atoms with E-state index >= 15 is 0 Å². The molecule has 0 aliphatic carbocycles. The van der Waals surface area contributed by atoms with Crippen LogP contribution in [0.15, 0.2) is 67.3 Å². The normalized spacial score (nSPS) is 20.4. The van der Waals surface area contributed by atoms with Crippen LogP contribution in [0.2, 0.25) is 0 Å². The lowest BCUT2D eigenvalue weighted by Gasteiger charge is -2.37. The third-order valence-corrected chi connectivity index (χ3v) is 4.95. The van der Waals surface area contributed by atoms with Crippen molar-refractivity contribution in [1.29, 1.82) is 0 Å². The van der Waals surface area contributed by atoms with Crippen LogP contribution in [0.3, 0.4) is 0 Å². The summed E-state index contributed by atoms with van der Waals surface area (Å²) in [4.78, 5) is 27.0. The number of allylic oxidation sites excluding steroid dienone is 1. The van der Waals surface area contributed by atoms with E-state index in [0.717, 1.165) is 24.0 Å². The van der Waals surface area contributed by atoms with E-state index in [0.29, 0.717) is 18.5 Å². The van der Waals surface area contributed by atoms with Gasteiger partial charge in [-0.3, -0.25) is 14.5 Å². The van der Waals surface area contributed by atoms with E-state index in [1.807, 2.05) is 49.4 Å². The van der Waals surface area contributed by atoms with Crippen molar-refractivity contribution in [3.8, 4) is 11.1 Å². The molecule has 0 N–H and O–H groups in total. The van der Waals surface area contributed by atoms with Gasteiger partial charge in [0.1, 0.15) is 0 Å². The predicted octanol–water partition coefficient (Wildman–Crippen LogP) is 4.70. The van der Waals surface area contributed by atoms with Gasteiger partial charge in [0.05, 0.1) is 5.41 Å². The Balaban J connectivity index is 1.81. The topological polar surface area (TPSA) is 37.4 Å². The first-order valence-corrected chi connectivity index (χ1v) is 8.68. The molecular formula is C22H23NO2. The molecule has 2 amide bonds. The van der Waals surface area contributed by atoms with Crippen molar-refractivity contribution in [2.45, 2.75) is 26.2 Å². The second kappa shape index (κ2) is 7.06. The van der Waals surface area contributed by atoms with Crippen LogP contribution in [0, 0.1) is 5.41 Å². The van der Waals surface area contributed by atoms with E-state index in [1.54, 1.807) is 18.2 Å². The van der Waals surface area contributed by atoms with Gasteiger partial charge in [-0.25, -0.2) is 0 Å². The third-order valence-electron chi connectivity index (χ3n) is 4.95. The highest BCUT2D eigenvalue weighted by atomic mass is 16.2. The predicted molar refractivity (Wildman–Crippen MR) is 100 cm³/mol. The van der Waals surface area contributed by atoms with Crippen LogP contribution in [0.1, 0.15) is 36.5 Å². The first-order valence-electron chi connectivity index (χ1n) is 8.68. The molecule has 1 saturated heterocycles. The van der Waals surface area contributed by atoms with Gasteiger partial charge in [-0.15, -0.1) is 6.58 Å². The molecule has 128 valence electrons. The summed E-state index contributed by atoms with van der Waals surface area (Å²) in [6.45, 7) is 6.16. The molecule has 0 saturated carbocycles. The van der Waals surface area contributed by atoms with Gasteiger partial charge < -0.3 is 0 Å². The Hall–Kier alpha value is -2.68. The van der Waals surface area contributed by atoms with Crippen molar-refractivity contribution in [2.24, 2.45) is 5.41 Å². The smallest absolute Gasteiger partial charge is 0.260 e. The Labute approximate surface area is 149 Å². The lowest BCUT2D eigenvalue weighted by atomic mass is 9.78. The highest BCUT2D eigenvalue weighted by Gasteiger charge is 2.41. The van der Waals surface area contributed by atoms with Crippen LogP contribution in [0.5, 0.6) is 0 Å². The second-order valence-corrected chi connectivity index (χ2v) is 6.86. The largest absolute Gasteiger partial charge is 0.278 e. The molecule has 0 unspecified atom stereocenters. The summed E-state index contributed by atoms with van der Waals surface area (Å²) in [6.07, 6.45) is 4.00. The van der Waals surface area contributed by atoms with E-state index in [1.165, 1.54) is 4.90 Å². The molecule has 1 fully saturated rings. The molecule has 0 bridgehead atoms. The van der Waals surface area contributed by atoms with Gasteiger partial charge in [0.15, 0.2) is 0 Å². The van der Waals surface area contributed by atoms with Gasteiger partial charge >= 0.3 is 0 Å². The lowest BCUT2D eigenvalue weighted by molar-refractivity contribution is -0.141. The van der Waals surface area contributed by atoms with E-state index < -0.39 is 5.41 Å². The first-order chi connectivity index (χ1) is 12.0. The van der Waals surface area contributed by atoms with Crippen LogP contribution in [-0.4, -0.2) is 23.3 Å². The van der Waals surface area contributed by atoms with Crippen LogP contribution in [0.4, 0.5) is 0 Å². The number of nitrogens with zero attached hydrogens (tertiary/aromatic N) is 1. The average molecular weight is 333 g/mol. The number of amides is 2. The van der Waals surface area contributed by atoms with Gasteiger partial charge in [-0.2, -0.15) is 0 Å². The van der Waals surface area contributed by atoms with Crippen LogP contribution < -0.4 is 0 Å². The fraction of sp³-hybridized carbons (Fsp3) is 0.273. The Bertz CT molecular complexity index is 779. The molecule has 3 heteroatoms. The molecule has 1 aliphatic rings. The SMILES string of the molecule is C=CC[C@]1(C)CCCN(C(=O)c2ccc(-c3ccccc3)cc2)C1=O. The Morgan fingerprint density at radius 2 is 1.76 bits per heavy atom. The quantitative estimate of drug-likeness (QED) is 0.601. The molecule has 1 aliphatic heterocycles. The van der Waals surface area contributed by atoms with Gasteiger partial charge in [0, 0.05) is 12.1 Å². The first kappa shape index (κ1) is 17.2. The molecule has 0 radical (unpaired) electrons. The Kier molecular flexibility index (Phi) is 4.84. The molecule has 1 heterocycles. The zero-order valence-corrected chi connectivity index (χ0v) is 14.6. The summed E-state index contributed by atoms with van der Waals surface area (Å²) in [5, 5.41) is 0. The van der Waals surface area contributed by atoms with Gasteiger partial charge in [0.2, 0.25) is 5.91 Å². The van der Waals surface area contributed by atoms with Crippen molar-refractivity contribution < 1.29 is 9.59 Å². The maximum atomic E-state index is 12.8. The Morgan fingerprint density at radius 1 is 1.12 bits per heavy atom. The Morgan fingerprint density at radius 3 is 2.40 bits per heavy atom. The van der Waals surface area contributed by atoms with Crippen LogP contribution in [-0.2, 0) is 4.79 Å². The maximum absolute atomic E-state index is 12.8. The fourth-order valence-electron chi connectivity index (χ4n) is 3.46. The van der Waals surface area contributed by atoms with Gasteiger partial charge in [0.25, 0.3) is 5.91 Å². The number of carbonyl (C=O) groups excluding carboxylic acids is 2. The molecule has 0 aromatic heterocycles. The van der Waals surface area contributed by atoms with Crippen molar-refractivity contribution >= 4 is 11.8 Å². The monoisotopic (exact) mass is 333 g/mol. The molecule has 2 aromatic carbocycles. The molecule has 0 spiro atoms.